The molecule has 1 atom stereocenters. The fraction of sp³-hybridized carbons (Fsp3) is 0.533. The summed E-state index contributed by atoms with van der Waals surface area (Å²) in [7, 11) is 0. The molecule has 3 nitrogen and oxygen atoms in total. The lowest BCUT2D eigenvalue weighted by atomic mass is 10.1. The number of halogens is 2. The number of hydrogen-bond donors (Lipinski definition) is 0. The van der Waals surface area contributed by atoms with Crippen molar-refractivity contribution in [3.63, 3.8) is 0 Å². The molecule has 0 N–H and O–H groups in total. The monoisotopic (exact) mass is 339 g/mol. The SMILES string of the molecule is CCC(C#N)N1CCN(Cc2cccc(F)c2Br)CC1. The summed E-state index contributed by atoms with van der Waals surface area (Å²) in [5.74, 6) is -0.211. The van der Waals surface area contributed by atoms with E-state index in [1.807, 2.05) is 13.0 Å². The highest BCUT2D eigenvalue weighted by Crippen LogP contribution is 2.22. The quantitative estimate of drug-likeness (QED) is 0.844. The maximum absolute atomic E-state index is 13.5. The highest BCUT2D eigenvalue weighted by molar-refractivity contribution is 9.10. The van der Waals surface area contributed by atoms with Crippen LogP contribution in [0.3, 0.4) is 0 Å². The van der Waals surface area contributed by atoms with E-state index in [2.05, 4.69) is 31.8 Å². The van der Waals surface area contributed by atoms with Gasteiger partial charge in [0.25, 0.3) is 0 Å². The molecule has 0 aliphatic carbocycles. The zero-order valence-electron chi connectivity index (χ0n) is 11.6. The Hall–Kier alpha value is -0.960. The van der Waals surface area contributed by atoms with Crippen LogP contribution in [-0.4, -0.2) is 42.0 Å². The van der Waals surface area contributed by atoms with E-state index in [1.165, 1.54) is 6.07 Å². The Bertz CT molecular complexity index is 492. The van der Waals surface area contributed by atoms with Crippen LogP contribution in [0, 0.1) is 17.1 Å². The zero-order chi connectivity index (χ0) is 14.5. The van der Waals surface area contributed by atoms with Crippen molar-refractivity contribution in [3.05, 3.63) is 34.1 Å². The van der Waals surface area contributed by atoms with Crippen LogP contribution in [0.5, 0.6) is 0 Å². The van der Waals surface area contributed by atoms with Crippen molar-refractivity contribution in [1.29, 1.82) is 5.26 Å². The summed E-state index contributed by atoms with van der Waals surface area (Å²) in [4.78, 5) is 4.54. The van der Waals surface area contributed by atoms with Crippen LogP contribution in [0.1, 0.15) is 18.9 Å². The average molecular weight is 340 g/mol. The Labute approximate surface area is 128 Å². The van der Waals surface area contributed by atoms with Crippen molar-refractivity contribution < 1.29 is 4.39 Å². The van der Waals surface area contributed by atoms with Crippen LogP contribution in [0.15, 0.2) is 22.7 Å². The molecule has 0 aromatic heterocycles. The summed E-state index contributed by atoms with van der Waals surface area (Å²) in [6.45, 7) is 6.43. The molecule has 0 bridgehead atoms. The highest BCUT2D eigenvalue weighted by atomic mass is 79.9. The first-order chi connectivity index (χ1) is 9.65. The van der Waals surface area contributed by atoms with Crippen molar-refractivity contribution in [3.8, 4) is 6.07 Å². The van der Waals surface area contributed by atoms with Crippen LogP contribution in [0.2, 0.25) is 0 Å². The lowest BCUT2D eigenvalue weighted by Gasteiger charge is -2.36. The Morgan fingerprint density at radius 1 is 1.35 bits per heavy atom. The van der Waals surface area contributed by atoms with Crippen LogP contribution in [0.25, 0.3) is 0 Å². The lowest BCUT2D eigenvalue weighted by Crippen LogP contribution is -2.49. The molecule has 1 unspecified atom stereocenters. The summed E-state index contributed by atoms with van der Waals surface area (Å²) in [5, 5.41) is 9.09. The summed E-state index contributed by atoms with van der Waals surface area (Å²) >= 11 is 3.31. The van der Waals surface area contributed by atoms with E-state index in [1.54, 1.807) is 6.07 Å². The summed E-state index contributed by atoms with van der Waals surface area (Å²) in [6, 6.07) is 7.53. The third-order valence-corrected chi connectivity index (χ3v) is 4.70. The van der Waals surface area contributed by atoms with E-state index in [9.17, 15) is 4.39 Å². The molecule has 1 heterocycles. The Morgan fingerprint density at radius 3 is 2.65 bits per heavy atom. The van der Waals surface area contributed by atoms with Crippen LogP contribution >= 0.6 is 15.9 Å². The first-order valence-electron chi connectivity index (χ1n) is 6.94. The number of piperazine rings is 1. The molecule has 0 spiro atoms. The van der Waals surface area contributed by atoms with Crippen LogP contribution in [0.4, 0.5) is 4.39 Å². The number of hydrogen-bond acceptors (Lipinski definition) is 3. The van der Waals surface area contributed by atoms with Gasteiger partial charge in [0, 0.05) is 32.7 Å². The minimum absolute atomic E-state index is 0.0260. The van der Waals surface area contributed by atoms with Gasteiger partial charge in [0.2, 0.25) is 0 Å². The van der Waals surface area contributed by atoms with Crippen LogP contribution < -0.4 is 0 Å². The van der Waals surface area contributed by atoms with Gasteiger partial charge in [0.15, 0.2) is 0 Å². The fourth-order valence-electron chi connectivity index (χ4n) is 2.58. The number of nitrogens with zero attached hydrogens (tertiary/aromatic N) is 3. The molecule has 1 aromatic rings. The summed E-state index contributed by atoms with van der Waals surface area (Å²) in [6.07, 6.45) is 0.867. The third kappa shape index (κ3) is 3.57. The minimum Gasteiger partial charge on any atom is -0.296 e. The van der Waals surface area contributed by atoms with E-state index in [4.69, 9.17) is 5.26 Å². The van der Waals surface area contributed by atoms with Gasteiger partial charge in [-0.2, -0.15) is 5.26 Å². The summed E-state index contributed by atoms with van der Waals surface area (Å²) < 4.78 is 14.0. The van der Waals surface area contributed by atoms with Gasteiger partial charge in [0.1, 0.15) is 5.82 Å². The Morgan fingerprint density at radius 2 is 2.05 bits per heavy atom. The first kappa shape index (κ1) is 15.4. The molecule has 2 rings (SSSR count). The maximum Gasteiger partial charge on any atom is 0.137 e. The molecule has 1 saturated heterocycles. The zero-order valence-corrected chi connectivity index (χ0v) is 13.2. The van der Waals surface area contributed by atoms with Gasteiger partial charge >= 0.3 is 0 Å². The van der Waals surface area contributed by atoms with E-state index >= 15 is 0 Å². The number of benzene rings is 1. The minimum atomic E-state index is -0.211. The van der Waals surface area contributed by atoms with Crippen molar-refractivity contribution in [2.45, 2.75) is 25.9 Å². The topological polar surface area (TPSA) is 30.3 Å². The smallest absolute Gasteiger partial charge is 0.137 e. The second-order valence-corrected chi connectivity index (χ2v) is 5.87. The molecular formula is C15H19BrFN3. The van der Waals surface area contributed by atoms with Crippen molar-refractivity contribution in [1.82, 2.24) is 9.80 Å². The predicted octanol–water partition coefficient (Wildman–Crippen LogP) is 3.01. The summed E-state index contributed by atoms with van der Waals surface area (Å²) in [5.41, 5.74) is 0.978. The lowest BCUT2D eigenvalue weighted by molar-refractivity contribution is 0.108. The molecule has 1 fully saturated rings. The number of nitriles is 1. The highest BCUT2D eigenvalue weighted by Gasteiger charge is 2.22. The first-order valence-corrected chi connectivity index (χ1v) is 7.74. The average Bonchev–Trinajstić information content (AvgIpc) is 2.47. The fourth-order valence-corrected chi connectivity index (χ4v) is 2.97. The molecule has 5 heteroatoms. The van der Waals surface area contributed by atoms with Gasteiger partial charge in [-0.1, -0.05) is 19.1 Å². The van der Waals surface area contributed by atoms with E-state index < -0.39 is 0 Å². The molecule has 108 valence electrons. The van der Waals surface area contributed by atoms with Crippen LogP contribution in [-0.2, 0) is 6.54 Å². The van der Waals surface area contributed by atoms with Crippen molar-refractivity contribution in [2.75, 3.05) is 26.2 Å². The van der Waals surface area contributed by atoms with Gasteiger partial charge in [-0.3, -0.25) is 9.80 Å². The van der Waals surface area contributed by atoms with Gasteiger partial charge < -0.3 is 0 Å². The van der Waals surface area contributed by atoms with Gasteiger partial charge in [-0.05, 0) is 34.0 Å². The largest absolute Gasteiger partial charge is 0.296 e. The molecule has 0 amide bonds. The van der Waals surface area contributed by atoms with Gasteiger partial charge in [0.05, 0.1) is 16.6 Å². The second-order valence-electron chi connectivity index (χ2n) is 5.08. The molecular weight excluding hydrogens is 321 g/mol. The standard InChI is InChI=1S/C15H19BrFN3/c1-2-13(10-18)20-8-6-19(7-9-20)11-12-4-3-5-14(17)15(12)16/h3-5,13H,2,6-9,11H2,1H3. The van der Waals surface area contributed by atoms with E-state index in [-0.39, 0.29) is 11.9 Å². The maximum atomic E-state index is 13.5. The molecule has 1 aliphatic rings. The van der Waals surface area contributed by atoms with Gasteiger partial charge in [-0.15, -0.1) is 0 Å². The number of rotatable bonds is 4. The van der Waals surface area contributed by atoms with E-state index in [0.717, 1.165) is 44.7 Å². The Balaban J connectivity index is 1.92. The molecule has 1 aromatic carbocycles. The Kier molecular flexibility index (Phi) is 5.53. The predicted molar refractivity (Wildman–Crippen MR) is 80.6 cm³/mol. The van der Waals surface area contributed by atoms with Crippen molar-refractivity contribution >= 4 is 15.9 Å². The van der Waals surface area contributed by atoms with E-state index in [0.29, 0.717) is 4.47 Å². The second kappa shape index (κ2) is 7.16. The van der Waals surface area contributed by atoms with Gasteiger partial charge in [-0.25, -0.2) is 4.39 Å². The molecule has 20 heavy (non-hydrogen) atoms. The molecule has 0 saturated carbocycles. The molecule has 0 radical (unpaired) electrons. The normalized spacial score (nSPS) is 18.7. The molecule has 1 aliphatic heterocycles. The third-order valence-electron chi connectivity index (χ3n) is 3.81. The van der Waals surface area contributed by atoms with Crippen molar-refractivity contribution in [2.24, 2.45) is 0 Å².